The maximum atomic E-state index is 13.2. The van der Waals surface area contributed by atoms with E-state index >= 15 is 0 Å². The number of ether oxygens (including phenoxy) is 1. The number of sulfonamides is 1. The van der Waals surface area contributed by atoms with E-state index in [4.69, 9.17) is 0 Å². The highest BCUT2D eigenvalue weighted by molar-refractivity contribution is 7.89. The molecular formula is C20H21F2N3O5S. The molecule has 2 aromatic rings. The molecule has 1 N–H and O–H groups in total. The van der Waals surface area contributed by atoms with E-state index in [0.29, 0.717) is 0 Å². The average molecular weight is 453 g/mol. The highest BCUT2D eigenvalue weighted by atomic mass is 32.2. The summed E-state index contributed by atoms with van der Waals surface area (Å²) in [6, 6.07) is 8.72. The number of nitrogens with one attached hydrogen (secondary N) is 1. The van der Waals surface area contributed by atoms with Crippen LogP contribution < -0.4 is 10.1 Å². The predicted molar refractivity (Wildman–Crippen MR) is 109 cm³/mol. The van der Waals surface area contributed by atoms with Crippen LogP contribution in [-0.2, 0) is 19.6 Å². The van der Waals surface area contributed by atoms with E-state index in [2.05, 4.69) is 16.6 Å². The van der Waals surface area contributed by atoms with Crippen LogP contribution in [0.4, 0.5) is 8.78 Å². The Hall–Kier alpha value is -3.05. The van der Waals surface area contributed by atoms with Crippen molar-refractivity contribution in [1.82, 2.24) is 14.5 Å². The van der Waals surface area contributed by atoms with Crippen LogP contribution in [-0.4, -0.2) is 68.8 Å². The van der Waals surface area contributed by atoms with Gasteiger partial charge >= 0.3 is 6.61 Å². The molecule has 3 rings (SSSR count). The first-order valence-electron chi connectivity index (χ1n) is 9.39. The summed E-state index contributed by atoms with van der Waals surface area (Å²) in [4.78, 5) is 24.8. The number of piperazine rings is 1. The third-order valence-electron chi connectivity index (χ3n) is 4.87. The molecule has 1 fully saturated rings. The van der Waals surface area contributed by atoms with Crippen LogP contribution in [0.25, 0.3) is 10.8 Å². The Kier molecular flexibility index (Phi) is 6.86. The molecule has 0 aliphatic carbocycles. The van der Waals surface area contributed by atoms with Crippen LogP contribution in [0.2, 0.25) is 0 Å². The summed E-state index contributed by atoms with van der Waals surface area (Å²) >= 11 is 0. The molecule has 11 heteroatoms. The second-order valence-electron chi connectivity index (χ2n) is 6.69. The van der Waals surface area contributed by atoms with Gasteiger partial charge in [-0.1, -0.05) is 30.8 Å². The van der Waals surface area contributed by atoms with Gasteiger partial charge in [-0.25, -0.2) is 8.42 Å². The summed E-state index contributed by atoms with van der Waals surface area (Å²) in [6.07, 6.45) is 1.06. The van der Waals surface area contributed by atoms with Crippen LogP contribution in [0.1, 0.15) is 0 Å². The topological polar surface area (TPSA) is 96.0 Å². The Bertz CT molecular complexity index is 1100. The molecule has 1 heterocycles. The van der Waals surface area contributed by atoms with Gasteiger partial charge < -0.3 is 15.0 Å². The summed E-state index contributed by atoms with van der Waals surface area (Å²) in [7, 11) is -3.94. The fourth-order valence-corrected chi connectivity index (χ4v) is 4.97. The van der Waals surface area contributed by atoms with Crippen LogP contribution in [0, 0.1) is 0 Å². The van der Waals surface area contributed by atoms with Gasteiger partial charge in [-0.15, -0.1) is 0 Å². The van der Waals surface area contributed by atoms with Crippen LogP contribution in [0.5, 0.6) is 5.75 Å². The standard InChI is InChI=1S/C20H21F2N3O5S/c1-2-18(26)23-13-19(27)24-9-11-25(12-10-24)31(28,29)17-8-4-5-14-15(17)6-3-7-16(14)30-20(21)22/h2-8,20H,1,9-13H2,(H,23,26). The second kappa shape index (κ2) is 9.40. The minimum atomic E-state index is -3.94. The lowest BCUT2D eigenvalue weighted by Gasteiger charge is -2.34. The molecule has 2 aromatic carbocycles. The van der Waals surface area contributed by atoms with E-state index in [0.717, 1.165) is 6.08 Å². The monoisotopic (exact) mass is 453 g/mol. The zero-order valence-electron chi connectivity index (χ0n) is 16.5. The van der Waals surface area contributed by atoms with Crippen molar-refractivity contribution in [1.29, 1.82) is 0 Å². The summed E-state index contributed by atoms with van der Waals surface area (Å²) in [5.41, 5.74) is 0. The van der Waals surface area contributed by atoms with E-state index in [1.54, 1.807) is 0 Å². The van der Waals surface area contributed by atoms with Crippen molar-refractivity contribution < 1.29 is 31.5 Å². The minimum absolute atomic E-state index is 0.0252. The molecule has 0 saturated carbocycles. The highest BCUT2D eigenvalue weighted by Gasteiger charge is 2.31. The van der Waals surface area contributed by atoms with Crippen molar-refractivity contribution in [3.8, 4) is 5.75 Å². The summed E-state index contributed by atoms with van der Waals surface area (Å²) in [5.74, 6) is -0.909. The lowest BCUT2D eigenvalue weighted by molar-refractivity contribution is -0.133. The fraction of sp³-hybridized carbons (Fsp3) is 0.300. The molecule has 2 amide bonds. The van der Waals surface area contributed by atoms with Gasteiger partial charge in [0.05, 0.1) is 11.4 Å². The van der Waals surface area contributed by atoms with E-state index < -0.39 is 22.5 Å². The van der Waals surface area contributed by atoms with E-state index in [1.807, 2.05) is 0 Å². The van der Waals surface area contributed by atoms with Crippen LogP contribution in [0.3, 0.4) is 0 Å². The first-order valence-corrected chi connectivity index (χ1v) is 10.8. The quantitative estimate of drug-likeness (QED) is 0.643. The van der Waals surface area contributed by atoms with Crippen LogP contribution in [0.15, 0.2) is 53.9 Å². The van der Waals surface area contributed by atoms with Gasteiger partial charge in [0, 0.05) is 37.0 Å². The Morgan fingerprint density at radius 3 is 2.39 bits per heavy atom. The number of carbonyl (C=O) groups is 2. The molecule has 8 nitrogen and oxygen atoms in total. The van der Waals surface area contributed by atoms with Crippen molar-refractivity contribution >= 4 is 32.6 Å². The number of rotatable bonds is 7. The Morgan fingerprint density at radius 2 is 1.74 bits per heavy atom. The fourth-order valence-electron chi connectivity index (χ4n) is 3.34. The lowest BCUT2D eigenvalue weighted by Crippen LogP contribution is -2.52. The van der Waals surface area contributed by atoms with Gasteiger partial charge in [0.1, 0.15) is 5.75 Å². The van der Waals surface area contributed by atoms with Gasteiger partial charge in [0.15, 0.2) is 0 Å². The average Bonchev–Trinajstić information content (AvgIpc) is 2.76. The van der Waals surface area contributed by atoms with Gasteiger partial charge in [0.2, 0.25) is 21.8 Å². The maximum absolute atomic E-state index is 13.2. The molecule has 1 aliphatic rings. The van der Waals surface area contributed by atoms with Crippen molar-refractivity contribution in [2.45, 2.75) is 11.5 Å². The third-order valence-corrected chi connectivity index (χ3v) is 6.82. The molecule has 0 bridgehead atoms. The normalized spacial score (nSPS) is 15.1. The third kappa shape index (κ3) is 5.00. The van der Waals surface area contributed by atoms with E-state index in [9.17, 15) is 26.8 Å². The first-order chi connectivity index (χ1) is 14.7. The Balaban J connectivity index is 1.77. The van der Waals surface area contributed by atoms with Gasteiger partial charge in [-0.2, -0.15) is 13.1 Å². The molecule has 0 unspecified atom stereocenters. The van der Waals surface area contributed by atoms with Gasteiger partial charge in [-0.3, -0.25) is 9.59 Å². The molecule has 1 saturated heterocycles. The zero-order chi connectivity index (χ0) is 22.6. The smallest absolute Gasteiger partial charge is 0.387 e. The molecular weight excluding hydrogens is 432 g/mol. The molecule has 0 atom stereocenters. The maximum Gasteiger partial charge on any atom is 0.387 e. The summed E-state index contributed by atoms with van der Waals surface area (Å²) in [5, 5.41) is 2.92. The number of alkyl halides is 2. The minimum Gasteiger partial charge on any atom is -0.434 e. The number of hydrogen-bond acceptors (Lipinski definition) is 5. The van der Waals surface area contributed by atoms with Gasteiger partial charge in [0.25, 0.3) is 0 Å². The Labute approximate surface area is 178 Å². The van der Waals surface area contributed by atoms with Crippen molar-refractivity contribution in [2.75, 3.05) is 32.7 Å². The van der Waals surface area contributed by atoms with Gasteiger partial charge in [-0.05, 0) is 18.2 Å². The predicted octanol–water partition coefficient (Wildman–Crippen LogP) is 1.58. The number of fused-ring (bicyclic) bond motifs is 1. The summed E-state index contributed by atoms with van der Waals surface area (Å²) in [6.45, 7) is 0.511. The first kappa shape index (κ1) is 22.6. The number of hydrogen-bond donors (Lipinski definition) is 1. The highest BCUT2D eigenvalue weighted by Crippen LogP contribution is 2.32. The molecule has 0 radical (unpaired) electrons. The molecule has 0 aromatic heterocycles. The van der Waals surface area contributed by atoms with Crippen LogP contribution >= 0.6 is 0 Å². The summed E-state index contributed by atoms with van der Waals surface area (Å²) < 4.78 is 57.6. The number of halogens is 2. The molecule has 31 heavy (non-hydrogen) atoms. The molecule has 166 valence electrons. The van der Waals surface area contributed by atoms with E-state index in [-0.39, 0.29) is 60.0 Å². The number of benzene rings is 2. The Morgan fingerprint density at radius 1 is 1.10 bits per heavy atom. The van der Waals surface area contributed by atoms with Crippen molar-refractivity contribution in [2.24, 2.45) is 0 Å². The SMILES string of the molecule is C=CC(=O)NCC(=O)N1CCN(S(=O)(=O)c2cccc3c(OC(F)F)cccc23)CC1. The second-order valence-corrected chi connectivity index (χ2v) is 8.60. The number of amides is 2. The lowest BCUT2D eigenvalue weighted by atomic mass is 10.1. The zero-order valence-corrected chi connectivity index (χ0v) is 17.3. The van der Waals surface area contributed by atoms with Crippen molar-refractivity contribution in [3.63, 3.8) is 0 Å². The largest absolute Gasteiger partial charge is 0.434 e. The number of carbonyl (C=O) groups excluding carboxylic acids is 2. The van der Waals surface area contributed by atoms with E-state index in [1.165, 1.54) is 45.6 Å². The number of nitrogens with zero attached hydrogens (tertiary/aromatic N) is 2. The molecule has 1 aliphatic heterocycles. The molecule has 0 spiro atoms. The van der Waals surface area contributed by atoms with Crippen molar-refractivity contribution in [3.05, 3.63) is 49.1 Å².